The second-order valence-electron chi connectivity index (χ2n) is 4.60. The van der Waals surface area contributed by atoms with Crippen molar-refractivity contribution in [2.24, 2.45) is 22.5 Å². The van der Waals surface area contributed by atoms with E-state index in [2.05, 4.69) is 5.16 Å². The summed E-state index contributed by atoms with van der Waals surface area (Å²) in [4.78, 5) is 27.3. The summed E-state index contributed by atoms with van der Waals surface area (Å²) in [6.45, 7) is -0.549. The molecule has 0 aromatic rings. The maximum atomic E-state index is 11.3. The lowest BCUT2D eigenvalue weighted by molar-refractivity contribution is -0.134. The minimum absolute atomic E-state index is 0.316. The van der Waals surface area contributed by atoms with Crippen LogP contribution in [0.15, 0.2) is 5.16 Å². The zero-order chi connectivity index (χ0) is 15.0. The first kappa shape index (κ1) is 14.7. The minimum atomic E-state index is -1.45. The highest BCUT2D eigenvalue weighted by Gasteiger charge is 2.54. The number of primary amides is 2. The molecular formula is C10H15N3O7. The molecule has 0 spiro atoms. The van der Waals surface area contributed by atoms with E-state index in [1.165, 1.54) is 0 Å². The Labute approximate surface area is 112 Å². The van der Waals surface area contributed by atoms with Crippen LogP contribution in [0.25, 0.3) is 0 Å². The fourth-order valence-corrected chi connectivity index (χ4v) is 2.37. The minimum Gasteiger partial charge on any atom is -0.394 e. The number of rotatable bonds is 4. The SMILES string of the molecule is NC(=O)C1=NOC(C(N)=O)C1[C@@H]1O[C@H](CO)[C@@H](O)[C@H]1O. The molecule has 0 bridgehead atoms. The number of nitrogens with zero attached hydrogens (tertiary/aromatic N) is 1. The van der Waals surface area contributed by atoms with E-state index in [1.807, 2.05) is 0 Å². The molecule has 20 heavy (non-hydrogen) atoms. The van der Waals surface area contributed by atoms with E-state index in [1.54, 1.807) is 0 Å². The number of hydrogen-bond acceptors (Lipinski definition) is 8. The molecule has 0 aromatic carbocycles. The highest BCUT2D eigenvalue weighted by Crippen LogP contribution is 2.33. The molecule has 2 rings (SSSR count). The van der Waals surface area contributed by atoms with Crippen molar-refractivity contribution in [3.8, 4) is 0 Å². The van der Waals surface area contributed by atoms with E-state index in [4.69, 9.17) is 26.1 Å². The summed E-state index contributed by atoms with van der Waals surface area (Å²) < 4.78 is 5.25. The van der Waals surface area contributed by atoms with Gasteiger partial charge in [-0.05, 0) is 0 Å². The van der Waals surface area contributed by atoms with Crippen LogP contribution in [0.1, 0.15) is 0 Å². The Morgan fingerprint density at radius 2 is 1.90 bits per heavy atom. The Morgan fingerprint density at radius 1 is 1.25 bits per heavy atom. The molecule has 0 saturated carbocycles. The first-order valence-electron chi connectivity index (χ1n) is 5.83. The normalized spacial score (nSPS) is 40.2. The van der Waals surface area contributed by atoms with Gasteiger partial charge < -0.3 is 36.4 Å². The Hall–Kier alpha value is -1.75. The van der Waals surface area contributed by atoms with Gasteiger partial charge in [-0.1, -0.05) is 5.16 Å². The van der Waals surface area contributed by atoms with Gasteiger partial charge in [0.05, 0.1) is 18.6 Å². The van der Waals surface area contributed by atoms with E-state index in [0.717, 1.165) is 0 Å². The Balaban J connectivity index is 2.29. The fourth-order valence-electron chi connectivity index (χ4n) is 2.37. The van der Waals surface area contributed by atoms with Crippen molar-refractivity contribution in [2.75, 3.05) is 6.61 Å². The molecule has 2 heterocycles. The molecule has 0 aromatic heterocycles. The van der Waals surface area contributed by atoms with Crippen LogP contribution in [0, 0.1) is 5.92 Å². The average Bonchev–Trinajstić information content (AvgIpc) is 2.93. The van der Waals surface area contributed by atoms with Crippen LogP contribution >= 0.6 is 0 Å². The molecule has 10 nitrogen and oxygen atoms in total. The van der Waals surface area contributed by atoms with Crippen LogP contribution in [0.4, 0.5) is 0 Å². The third-order valence-electron chi connectivity index (χ3n) is 3.37. The van der Waals surface area contributed by atoms with E-state index in [-0.39, 0.29) is 5.71 Å². The molecule has 10 heteroatoms. The van der Waals surface area contributed by atoms with E-state index in [0.29, 0.717) is 0 Å². The number of carbonyl (C=O) groups excluding carboxylic acids is 2. The zero-order valence-electron chi connectivity index (χ0n) is 10.2. The zero-order valence-corrected chi connectivity index (χ0v) is 10.2. The quantitative estimate of drug-likeness (QED) is 0.348. The molecule has 7 N–H and O–H groups in total. The summed E-state index contributed by atoms with van der Waals surface area (Å²) in [6, 6.07) is 0. The van der Waals surface area contributed by atoms with Gasteiger partial charge in [-0.3, -0.25) is 9.59 Å². The van der Waals surface area contributed by atoms with E-state index in [9.17, 15) is 19.8 Å². The third kappa shape index (κ3) is 2.22. The fraction of sp³-hybridized carbons (Fsp3) is 0.700. The highest BCUT2D eigenvalue weighted by molar-refractivity contribution is 6.40. The van der Waals surface area contributed by atoms with Crippen LogP contribution in [-0.4, -0.2) is 70.0 Å². The van der Waals surface area contributed by atoms with E-state index >= 15 is 0 Å². The summed E-state index contributed by atoms with van der Waals surface area (Å²) in [5, 5.41) is 32.0. The van der Waals surface area contributed by atoms with E-state index < -0.39 is 54.9 Å². The topological polar surface area (TPSA) is 178 Å². The maximum absolute atomic E-state index is 11.3. The Morgan fingerprint density at radius 3 is 2.35 bits per heavy atom. The number of aliphatic hydroxyl groups excluding tert-OH is 3. The summed E-state index contributed by atoms with van der Waals surface area (Å²) in [5.41, 5.74) is 9.93. The van der Waals surface area contributed by atoms with Crippen LogP contribution < -0.4 is 11.5 Å². The second kappa shape index (κ2) is 5.32. The van der Waals surface area contributed by atoms with Crippen LogP contribution in [0.2, 0.25) is 0 Å². The first-order chi connectivity index (χ1) is 9.38. The molecule has 1 saturated heterocycles. The molecule has 0 radical (unpaired) electrons. The van der Waals surface area contributed by atoms with Crippen LogP contribution in [-0.2, 0) is 19.2 Å². The summed E-state index contributed by atoms with van der Waals surface area (Å²) in [6.07, 6.45) is -6.44. The summed E-state index contributed by atoms with van der Waals surface area (Å²) in [7, 11) is 0. The smallest absolute Gasteiger partial charge is 0.267 e. The molecule has 2 unspecified atom stereocenters. The van der Waals surface area contributed by atoms with Gasteiger partial charge in [0.2, 0.25) is 6.10 Å². The number of oxime groups is 1. The van der Waals surface area contributed by atoms with Crippen molar-refractivity contribution in [3.63, 3.8) is 0 Å². The Kier molecular flexibility index (Phi) is 3.90. The van der Waals surface area contributed by atoms with Crippen LogP contribution in [0.3, 0.4) is 0 Å². The standard InChI is InChI=1S/C10H15N3O7/c11-9(17)4-3(8(10(12)18)20-13-4)7-6(16)5(15)2(1-14)19-7/h2-3,5-8,14-16H,1H2,(H2,11,17)(H2,12,18)/t2-,3?,5-,6-,7+,8?/m1/s1. The molecule has 1 fully saturated rings. The third-order valence-corrected chi connectivity index (χ3v) is 3.37. The van der Waals surface area contributed by atoms with Gasteiger partial charge in [0, 0.05) is 0 Å². The van der Waals surface area contributed by atoms with Crippen molar-refractivity contribution in [3.05, 3.63) is 0 Å². The number of ether oxygens (including phenoxy) is 1. The van der Waals surface area contributed by atoms with Gasteiger partial charge in [-0.2, -0.15) is 0 Å². The first-order valence-corrected chi connectivity index (χ1v) is 5.83. The molecular weight excluding hydrogens is 274 g/mol. The number of amides is 2. The van der Waals surface area contributed by atoms with Gasteiger partial charge in [0.25, 0.3) is 11.8 Å². The number of hydrogen-bond donors (Lipinski definition) is 5. The lowest BCUT2D eigenvalue weighted by Gasteiger charge is -2.23. The number of carbonyl (C=O) groups is 2. The lowest BCUT2D eigenvalue weighted by atomic mass is 9.87. The lowest BCUT2D eigenvalue weighted by Crippen LogP contribution is -2.49. The molecule has 2 amide bonds. The highest BCUT2D eigenvalue weighted by atomic mass is 16.7. The van der Waals surface area contributed by atoms with Crippen molar-refractivity contribution in [1.82, 2.24) is 0 Å². The predicted octanol–water partition coefficient (Wildman–Crippen LogP) is -4.19. The molecule has 112 valence electrons. The maximum Gasteiger partial charge on any atom is 0.267 e. The monoisotopic (exact) mass is 289 g/mol. The predicted molar refractivity (Wildman–Crippen MR) is 61.9 cm³/mol. The van der Waals surface area contributed by atoms with Crippen molar-refractivity contribution >= 4 is 17.5 Å². The van der Waals surface area contributed by atoms with Gasteiger partial charge in [0.1, 0.15) is 18.3 Å². The number of aliphatic hydroxyl groups is 3. The summed E-state index contributed by atoms with van der Waals surface area (Å²) in [5.74, 6) is -3.03. The largest absolute Gasteiger partial charge is 0.394 e. The average molecular weight is 289 g/mol. The molecule has 0 aliphatic carbocycles. The van der Waals surface area contributed by atoms with Gasteiger partial charge >= 0.3 is 0 Å². The van der Waals surface area contributed by atoms with Crippen molar-refractivity contribution in [2.45, 2.75) is 30.5 Å². The molecule has 6 atom stereocenters. The van der Waals surface area contributed by atoms with Gasteiger partial charge in [-0.15, -0.1) is 0 Å². The van der Waals surface area contributed by atoms with Crippen molar-refractivity contribution < 1.29 is 34.5 Å². The number of nitrogens with two attached hydrogens (primary N) is 2. The summed E-state index contributed by atoms with van der Waals surface area (Å²) >= 11 is 0. The van der Waals surface area contributed by atoms with Gasteiger partial charge in [0.15, 0.2) is 5.71 Å². The Bertz CT molecular complexity index is 454. The molecule has 2 aliphatic heterocycles. The molecule has 2 aliphatic rings. The second-order valence-corrected chi connectivity index (χ2v) is 4.60. The van der Waals surface area contributed by atoms with Crippen LogP contribution in [0.5, 0.6) is 0 Å². The van der Waals surface area contributed by atoms with Crippen molar-refractivity contribution in [1.29, 1.82) is 0 Å². The van der Waals surface area contributed by atoms with Gasteiger partial charge in [-0.25, -0.2) is 0 Å².